The van der Waals surface area contributed by atoms with E-state index >= 15 is 0 Å². The van der Waals surface area contributed by atoms with Gasteiger partial charge >= 0.3 is 24.1 Å². The number of benzene rings is 2. The molecule has 0 aliphatic heterocycles. The number of hydrogen-bond donors (Lipinski definition) is 3. The van der Waals surface area contributed by atoms with Crippen molar-refractivity contribution in [3.63, 3.8) is 0 Å². The molecule has 68 heavy (non-hydrogen) atoms. The van der Waals surface area contributed by atoms with Gasteiger partial charge in [-0.15, -0.1) is 0 Å². The first kappa shape index (κ1) is 60.1. The smallest absolute Gasteiger partial charge is 0.410 e. The van der Waals surface area contributed by atoms with Gasteiger partial charge in [0.1, 0.15) is 11.2 Å². The first-order chi connectivity index (χ1) is 32.2. The lowest BCUT2D eigenvalue weighted by Crippen LogP contribution is -2.50. The summed E-state index contributed by atoms with van der Waals surface area (Å²) >= 11 is 0. The Morgan fingerprint density at radius 1 is 0.647 bits per heavy atom. The van der Waals surface area contributed by atoms with Crippen molar-refractivity contribution in [1.82, 2.24) is 9.80 Å². The van der Waals surface area contributed by atoms with Crippen LogP contribution in [0.1, 0.15) is 92.2 Å². The summed E-state index contributed by atoms with van der Waals surface area (Å²) in [5.74, 6) is -2.55. The Balaban J connectivity index is 0.000000710. The number of likely N-dealkylation sites (N-methyl/N-ethyl adjacent to an activating group) is 2. The molecule has 0 aromatic heterocycles. The summed E-state index contributed by atoms with van der Waals surface area (Å²) in [5, 5.41) is 16.1. The van der Waals surface area contributed by atoms with E-state index in [2.05, 4.69) is 19.8 Å². The number of amidine groups is 2. The molecule has 382 valence electrons. The van der Waals surface area contributed by atoms with Gasteiger partial charge in [0.25, 0.3) is 0 Å². The molecular formula is C48H76N6O14. The van der Waals surface area contributed by atoms with Crippen LogP contribution in [0.5, 0.6) is 0 Å². The number of nitrogens with two attached hydrogens (primary N) is 2. The normalized spacial score (nSPS) is 14.0. The molecule has 2 aromatic carbocycles. The predicted molar refractivity (Wildman–Crippen MR) is 255 cm³/mol. The van der Waals surface area contributed by atoms with Crippen LogP contribution in [0.4, 0.5) is 9.59 Å². The molecule has 0 saturated carbocycles. The lowest BCUT2D eigenvalue weighted by Gasteiger charge is -2.33. The van der Waals surface area contributed by atoms with Gasteiger partial charge in [-0.25, -0.2) is 19.2 Å². The van der Waals surface area contributed by atoms with Crippen molar-refractivity contribution >= 4 is 35.8 Å². The average Bonchev–Trinajstić information content (AvgIpc) is 3.30. The molecule has 0 radical (unpaired) electrons. The van der Waals surface area contributed by atoms with Crippen LogP contribution >= 0.6 is 0 Å². The van der Waals surface area contributed by atoms with Crippen LogP contribution in [0, 0.1) is 0 Å². The highest BCUT2D eigenvalue weighted by molar-refractivity contribution is 5.95. The van der Waals surface area contributed by atoms with Crippen LogP contribution in [0.25, 0.3) is 0 Å². The second-order valence-electron chi connectivity index (χ2n) is 17.1. The van der Waals surface area contributed by atoms with E-state index in [-0.39, 0.29) is 30.4 Å². The van der Waals surface area contributed by atoms with E-state index in [1.54, 1.807) is 62.7 Å². The van der Waals surface area contributed by atoms with Gasteiger partial charge in [-0.2, -0.15) is 0 Å². The molecular weight excluding hydrogens is 885 g/mol. The van der Waals surface area contributed by atoms with E-state index in [0.29, 0.717) is 58.7 Å². The van der Waals surface area contributed by atoms with Gasteiger partial charge < -0.3 is 59.4 Å². The summed E-state index contributed by atoms with van der Waals surface area (Å²) in [6.07, 6.45) is 0.889. The number of nitrogens with zero attached hydrogens (tertiary/aromatic N) is 4. The molecule has 2 amide bonds. The monoisotopic (exact) mass is 961 g/mol. The van der Waals surface area contributed by atoms with Crippen LogP contribution in [-0.4, -0.2) is 141 Å². The Morgan fingerprint density at radius 3 is 1.40 bits per heavy atom. The van der Waals surface area contributed by atoms with Crippen LogP contribution in [0.15, 0.2) is 82.8 Å². The van der Waals surface area contributed by atoms with E-state index in [9.17, 15) is 24.4 Å². The van der Waals surface area contributed by atoms with Crippen LogP contribution in [0.2, 0.25) is 0 Å². The molecule has 2 aromatic rings. The molecule has 2 unspecified atom stereocenters. The minimum Gasteiger partial charge on any atom is -0.466 e. The zero-order valence-electron chi connectivity index (χ0n) is 41.9. The van der Waals surface area contributed by atoms with E-state index in [0.717, 1.165) is 31.4 Å². The summed E-state index contributed by atoms with van der Waals surface area (Å²) in [6.45, 7) is 16.4. The quantitative estimate of drug-likeness (QED) is 0.0133. The second kappa shape index (κ2) is 31.9. The third-order valence-electron chi connectivity index (χ3n) is 9.60. The summed E-state index contributed by atoms with van der Waals surface area (Å²) in [4.78, 5) is 57.2. The van der Waals surface area contributed by atoms with Crippen molar-refractivity contribution in [2.75, 3.05) is 54.7 Å². The maximum absolute atomic E-state index is 13.0. The zero-order valence-corrected chi connectivity index (χ0v) is 41.9. The van der Waals surface area contributed by atoms with E-state index in [4.69, 9.17) is 44.7 Å². The Hall–Kier alpha value is -5.96. The summed E-state index contributed by atoms with van der Waals surface area (Å²) in [6, 6.07) is 18.2. The molecule has 0 aliphatic carbocycles. The number of carbonyl (C=O) groups is 4. The lowest BCUT2D eigenvalue weighted by molar-refractivity contribution is -0.142. The molecule has 4 atom stereocenters. The number of carbonyl (C=O) groups excluding carboxylic acids is 4. The molecule has 0 fully saturated rings. The highest BCUT2D eigenvalue weighted by Crippen LogP contribution is 2.19. The largest absolute Gasteiger partial charge is 0.466 e. The summed E-state index contributed by atoms with van der Waals surface area (Å²) in [7, 11) is 5.42. The van der Waals surface area contributed by atoms with Gasteiger partial charge in [-0.1, -0.05) is 71.0 Å². The molecule has 0 aliphatic rings. The second-order valence-corrected chi connectivity index (χ2v) is 17.1. The van der Waals surface area contributed by atoms with Gasteiger partial charge in [0.2, 0.25) is 5.76 Å². The fourth-order valence-electron chi connectivity index (χ4n) is 6.13. The Bertz CT molecular complexity index is 1870. The molecule has 0 spiro atoms. The lowest BCUT2D eigenvalue weighted by atomic mass is 10.1. The third-order valence-corrected chi connectivity index (χ3v) is 9.60. The fraction of sp³-hybridized carbons (Fsp3) is 0.583. The standard InChI is InChI=1S/C27H41N3O9.C21H35N3O5/c1-8-30(26(33)38-27(2,3)4)21(24(28)29-39-22(25(32)36-7)16-23(31)35-6)15-14-20(34-5)18-37-17-19-12-10-9-11-13-19;1-6-24(20(25)29-21(2,3)4)18(19(22)23-26)13-12-17(27-5)15-28-14-16-10-8-7-9-11-16/h9-13,16,20-21H,8,14-15,17-18H2,1-7H3,(H2,28,29);7-11,17-18,26H,6,12-15H2,1-5H3,(H2,22,23)/t20-,21?;17-,18?/m00/s1. The predicted octanol–water partition coefficient (Wildman–Crippen LogP) is 6.51. The molecule has 0 bridgehead atoms. The van der Waals surface area contributed by atoms with Gasteiger partial charge in [-0.05, 0) is 92.2 Å². The Labute approximate surface area is 401 Å². The molecule has 20 heteroatoms. The van der Waals surface area contributed by atoms with Crippen molar-refractivity contribution < 1.29 is 67.1 Å². The van der Waals surface area contributed by atoms with E-state index in [1.165, 1.54) is 9.80 Å². The molecule has 20 nitrogen and oxygen atoms in total. The van der Waals surface area contributed by atoms with E-state index < -0.39 is 53.2 Å². The average molecular weight is 961 g/mol. The van der Waals surface area contributed by atoms with Crippen molar-refractivity contribution in [1.29, 1.82) is 0 Å². The van der Waals surface area contributed by atoms with Gasteiger partial charge in [0.15, 0.2) is 11.7 Å². The van der Waals surface area contributed by atoms with Crippen LogP contribution in [0.3, 0.4) is 0 Å². The number of esters is 2. The van der Waals surface area contributed by atoms with Gasteiger partial charge in [0, 0.05) is 27.3 Å². The van der Waals surface area contributed by atoms with Gasteiger partial charge in [-0.3, -0.25) is 9.80 Å². The van der Waals surface area contributed by atoms with Crippen molar-refractivity contribution in [2.45, 2.75) is 130 Å². The minimum absolute atomic E-state index is 0.0437. The van der Waals surface area contributed by atoms with Crippen molar-refractivity contribution in [2.24, 2.45) is 21.8 Å². The van der Waals surface area contributed by atoms with E-state index in [1.807, 2.05) is 67.6 Å². The SMILES string of the molecule is CCN(C(=O)OC(C)(C)C)C(CC[C@@H](COCc1ccccc1)OC)C(N)=NO.CCN(C(=O)OC(C)(C)C)C(CC[C@@H](COCc1ccccc1)OC)C(N)=NOC(=CC(=O)OC)C(=O)OC. The molecule has 2 rings (SSSR count). The molecule has 5 N–H and O–H groups in total. The highest BCUT2D eigenvalue weighted by atomic mass is 16.7. The number of ether oxygens (including phenoxy) is 8. The maximum atomic E-state index is 13.0. The van der Waals surface area contributed by atoms with Crippen LogP contribution < -0.4 is 11.5 Å². The third kappa shape index (κ3) is 24.2. The molecule has 0 saturated heterocycles. The highest BCUT2D eigenvalue weighted by Gasteiger charge is 2.32. The zero-order chi connectivity index (χ0) is 51.3. The van der Waals surface area contributed by atoms with Crippen molar-refractivity contribution in [3.05, 3.63) is 83.6 Å². The first-order valence-corrected chi connectivity index (χ1v) is 22.3. The fourth-order valence-corrected chi connectivity index (χ4v) is 6.13. The number of amides is 2. The van der Waals surface area contributed by atoms with Gasteiger partial charge in [0.05, 0.1) is 71.0 Å². The molecule has 0 heterocycles. The number of rotatable bonds is 26. The number of hydrogen-bond acceptors (Lipinski definition) is 16. The van der Waals surface area contributed by atoms with Crippen molar-refractivity contribution in [3.8, 4) is 0 Å². The summed E-state index contributed by atoms with van der Waals surface area (Å²) in [5.41, 5.74) is 12.9. The summed E-state index contributed by atoms with van der Waals surface area (Å²) < 4.78 is 42.8. The Morgan fingerprint density at radius 2 is 1.06 bits per heavy atom. The number of methoxy groups -OCH3 is 4. The first-order valence-electron chi connectivity index (χ1n) is 22.3. The Kier molecular flexibility index (Phi) is 28.2. The number of oxime groups is 2. The minimum atomic E-state index is -0.969. The van der Waals surface area contributed by atoms with Crippen LogP contribution in [-0.2, 0) is 65.5 Å². The topological polar surface area (TPSA) is 255 Å². The maximum Gasteiger partial charge on any atom is 0.410 e.